The van der Waals surface area contributed by atoms with Crippen molar-refractivity contribution in [2.45, 2.75) is 40.2 Å². The molecule has 2 nitrogen and oxygen atoms in total. The highest BCUT2D eigenvalue weighted by Gasteiger charge is 2.03. The molecule has 0 aromatic carbocycles. The second kappa shape index (κ2) is 9.45. The molecule has 0 fully saturated rings. The van der Waals surface area contributed by atoms with Gasteiger partial charge in [0.2, 0.25) is 0 Å². The minimum Gasteiger partial charge on any atom is -0.291 e. The molecular weight excluding hydrogens is 136 g/mol. The maximum atomic E-state index is 8.44. The molecule has 0 radical (unpaired) electrons. The fraction of sp³-hybridized carbons (Fsp3) is 0.889. The molecule has 0 aliphatic heterocycles. The van der Waals surface area contributed by atoms with E-state index in [0.717, 1.165) is 13.0 Å². The van der Waals surface area contributed by atoms with E-state index in [1.165, 1.54) is 0 Å². The Morgan fingerprint density at radius 2 is 1.91 bits per heavy atom. The molecule has 0 amide bonds. The number of rotatable bonds is 3. The number of hydrogen-bond donors (Lipinski definition) is 0. The first-order valence-electron chi connectivity index (χ1n) is 4.32. The van der Waals surface area contributed by atoms with E-state index in [1.54, 1.807) is 0 Å². The highest BCUT2D eigenvalue weighted by Crippen LogP contribution is 1.93. The predicted molar refractivity (Wildman–Crippen MR) is 49.3 cm³/mol. The van der Waals surface area contributed by atoms with Gasteiger partial charge < -0.3 is 0 Å². The van der Waals surface area contributed by atoms with E-state index in [2.05, 4.69) is 13.0 Å². The minimum absolute atomic E-state index is 0.0601. The van der Waals surface area contributed by atoms with Crippen LogP contribution in [0.25, 0.3) is 0 Å². The zero-order valence-corrected chi connectivity index (χ0v) is 8.39. The standard InChI is InChI=1S/C7H14N2.C2H6/c1-4-5-9(3)7(2)6-8;1-2/h7H,4-5H2,1-3H3;1-2H3. The van der Waals surface area contributed by atoms with Crippen LogP contribution in [0.3, 0.4) is 0 Å². The molecule has 1 unspecified atom stereocenters. The highest BCUT2D eigenvalue weighted by atomic mass is 15.1. The Labute approximate surface area is 70.8 Å². The van der Waals surface area contributed by atoms with Crippen molar-refractivity contribution in [2.75, 3.05) is 13.6 Å². The summed E-state index contributed by atoms with van der Waals surface area (Å²) in [5.74, 6) is 0. The second-order valence-corrected chi connectivity index (χ2v) is 2.29. The molecule has 0 bridgehead atoms. The molecule has 0 aromatic rings. The van der Waals surface area contributed by atoms with Crippen LogP contribution < -0.4 is 0 Å². The molecule has 0 saturated heterocycles. The summed E-state index contributed by atoms with van der Waals surface area (Å²) < 4.78 is 0. The van der Waals surface area contributed by atoms with Crippen LogP contribution in [0.1, 0.15) is 34.1 Å². The van der Waals surface area contributed by atoms with E-state index < -0.39 is 0 Å². The van der Waals surface area contributed by atoms with Crippen LogP contribution in [-0.4, -0.2) is 24.5 Å². The van der Waals surface area contributed by atoms with Gasteiger partial charge >= 0.3 is 0 Å². The molecule has 2 heteroatoms. The Hall–Kier alpha value is -0.550. The summed E-state index contributed by atoms with van der Waals surface area (Å²) in [6.07, 6.45) is 1.11. The van der Waals surface area contributed by atoms with Crippen molar-refractivity contribution in [3.05, 3.63) is 0 Å². The number of nitrogens with zero attached hydrogens (tertiary/aromatic N) is 2. The van der Waals surface area contributed by atoms with Crippen LogP contribution in [0.5, 0.6) is 0 Å². The van der Waals surface area contributed by atoms with Crippen molar-refractivity contribution in [1.82, 2.24) is 4.90 Å². The lowest BCUT2D eigenvalue weighted by Gasteiger charge is -2.16. The van der Waals surface area contributed by atoms with Gasteiger partial charge in [-0.2, -0.15) is 5.26 Å². The van der Waals surface area contributed by atoms with Gasteiger partial charge in [-0.05, 0) is 26.9 Å². The van der Waals surface area contributed by atoms with E-state index in [9.17, 15) is 0 Å². The molecule has 0 aliphatic carbocycles. The van der Waals surface area contributed by atoms with E-state index in [1.807, 2.05) is 32.7 Å². The van der Waals surface area contributed by atoms with Crippen molar-refractivity contribution < 1.29 is 0 Å². The van der Waals surface area contributed by atoms with E-state index in [-0.39, 0.29) is 6.04 Å². The van der Waals surface area contributed by atoms with Gasteiger partial charge in [0.15, 0.2) is 0 Å². The van der Waals surface area contributed by atoms with Gasteiger partial charge in [0.05, 0.1) is 12.1 Å². The maximum Gasteiger partial charge on any atom is 0.0946 e. The third kappa shape index (κ3) is 7.35. The monoisotopic (exact) mass is 156 g/mol. The molecule has 0 aromatic heterocycles. The van der Waals surface area contributed by atoms with E-state index in [0.29, 0.717) is 0 Å². The lowest BCUT2D eigenvalue weighted by molar-refractivity contribution is 0.303. The molecule has 0 N–H and O–H groups in total. The van der Waals surface area contributed by atoms with Gasteiger partial charge in [-0.3, -0.25) is 4.90 Å². The lowest BCUT2D eigenvalue weighted by atomic mass is 10.3. The zero-order chi connectivity index (χ0) is 9.28. The Kier molecular flexibility index (Phi) is 11.2. The first-order chi connectivity index (χ1) is 5.22. The normalized spacial score (nSPS) is 11.4. The van der Waals surface area contributed by atoms with Crippen LogP contribution in [0.4, 0.5) is 0 Å². The SMILES string of the molecule is CC.CCCN(C)C(C)C#N. The molecule has 0 heterocycles. The van der Waals surface area contributed by atoms with Crippen LogP contribution in [0.15, 0.2) is 0 Å². The molecule has 0 saturated carbocycles. The summed E-state index contributed by atoms with van der Waals surface area (Å²) in [4.78, 5) is 2.04. The van der Waals surface area contributed by atoms with Gasteiger partial charge in [-0.25, -0.2) is 0 Å². The van der Waals surface area contributed by atoms with Gasteiger partial charge in [0.1, 0.15) is 0 Å². The molecular formula is C9H20N2. The van der Waals surface area contributed by atoms with Crippen molar-refractivity contribution in [1.29, 1.82) is 5.26 Å². The number of hydrogen-bond acceptors (Lipinski definition) is 2. The first-order valence-corrected chi connectivity index (χ1v) is 4.32. The first kappa shape index (κ1) is 13.1. The average Bonchev–Trinajstić information content (AvgIpc) is 2.07. The van der Waals surface area contributed by atoms with Crippen LogP contribution in [-0.2, 0) is 0 Å². The topological polar surface area (TPSA) is 27.0 Å². The fourth-order valence-corrected chi connectivity index (χ4v) is 0.645. The van der Waals surface area contributed by atoms with Crippen molar-refractivity contribution >= 4 is 0 Å². The van der Waals surface area contributed by atoms with Crippen molar-refractivity contribution in [2.24, 2.45) is 0 Å². The van der Waals surface area contributed by atoms with Gasteiger partial charge in [0, 0.05) is 0 Å². The summed E-state index contributed by atoms with van der Waals surface area (Å²) in [6.45, 7) is 9.03. The van der Waals surface area contributed by atoms with Gasteiger partial charge in [-0.15, -0.1) is 0 Å². The minimum atomic E-state index is 0.0601. The third-order valence-electron chi connectivity index (χ3n) is 1.42. The molecule has 66 valence electrons. The molecule has 1 atom stereocenters. The summed E-state index contributed by atoms with van der Waals surface area (Å²) in [6, 6.07) is 2.24. The molecule has 0 spiro atoms. The summed E-state index contributed by atoms with van der Waals surface area (Å²) in [5, 5.41) is 8.44. The van der Waals surface area contributed by atoms with Gasteiger partial charge in [0.25, 0.3) is 0 Å². The Balaban J connectivity index is 0. The Bertz CT molecular complexity index is 105. The Morgan fingerprint density at radius 3 is 2.18 bits per heavy atom. The van der Waals surface area contributed by atoms with Crippen molar-refractivity contribution in [3.8, 4) is 6.07 Å². The smallest absolute Gasteiger partial charge is 0.0946 e. The quantitative estimate of drug-likeness (QED) is 0.626. The van der Waals surface area contributed by atoms with Crippen LogP contribution in [0.2, 0.25) is 0 Å². The molecule has 0 rings (SSSR count). The third-order valence-corrected chi connectivity index (χ3v) is 1.42. The van der Waals surface area contributed by atoms with E-state index in [4.69, 9.17) is 5.26 Å². The van der Waals surface area contributed by atoms with Gasteiger partial charge in [-0.1, -0.05) is 20.8 Å². The largest absolute Gasteiger partial charge is 0.291 e. The van der Waals surface area contributed by atoms with E-state index >= 15 is 0 Å². The molecule has 11 heavy (non-hydrogen) atoms. The Morgan fingerprint density at radius 1 is 1.45 bits per heavy atom. The van der Waals surface area contributed by atoms with Crippen molar-refractivity contribution in [3.63, 3.8) is 0 Å². The van der Waals surface area contributed by atoms with Crippen LogP contribution in [0, 0.1) is 11.3 Å². The fourth-order valence-electron chi connectivity index (χ4n) is 0.645. The molecule has 0 aliphatic rings. The lowest BCUT2D eigenvalue weighted by Crippen LogP contribution is -2.28. The summed E-state index contributed by atoms with van der Waals surface area (Å²) in [7, 11) is 1.97. The van der Waals surface area contributed by atoms with Crippen LogP contribution >= 0.6 is 0 Å². The number of nitriles is 1. The second-order valence-electron chi connectivity index (χ2n) is 2.29. The predicted octanol–water partition coefficient (Wildman–Crippen LogP) is 2.27. The maximum absolute atomic E-state index is 8.44. The highest BCUT2D eigenvalue weighted by molar-refractivity contribution is 4.85. The summed E-state index contributed by atoms with van der Waals surface area (Å²) in [5.41, 5.74) is 0. The summed E-state index contributed by atoms with van der Waals surface area (Å²) >= 11 is 0. The zero-order valence-electron chi connectivity index (χ0n) is 8.39. The average molecular weight is 156 g/mol.